The van der Waals surface area contributed by atoms with Crippen molar-refractivity contribution in [1.29, 1.82) is 0 Å². The maximum Gasteiger partial charge on any atom is 0.326 e. The van der Waals surface area contributed by atoms with Crippen LogP contribution in [0.25, 0.3) is 10.9 Å². The molecule has 0 radical (unpaired) electrons. The van der Waals surface area contributed by atoms with Crippen molar-refractivity contribution in [2.45, 2.75) is 130 Å². The molecule has 6 atom stereocenters. The molecule has 9 N–H and O–H groups in total. The molecule has 2 aromatic rings. The van der Waals surface area contributed by atoms with Crippen LogP contribution >= 0.6 is 15.9 Å². The Balaban J connectivity index is 2.01. The van der Waals surface area contributed by atoms with Gasteiger partial charge in [0.2, 0.25) is 29.5 Å². The molecule has 1 fully saturated rings. The van der Waals surface area contributed by atoms with E-state index in [9.17, 15) is 43.8 Å². The third-order valence-electron chi connectivity index (χ3n) is 9.92. The second kappa shape index (κ2) is 21.8. The van der Waals surface area contributed by atoms with E-state index in [1.54, 1.807) is 12.1 Å². The summed E-state index contributed by atoms with van der Waals surface area (Å²) in [6.07, 6.45) is 1.33. The van der Waals surface area contributed by atoms with Crippen molar-refractivity contribution in [3.05, 3.63) is 28.4 Å². The van der Waals surface area contributed by atoms with Crippen LogP contribution in [0.15, 0.2) is 22.8 Å². The smallest absolute Gasteiger partial charge is 0.326 e. The Hall–Kier alpha value is -4.87. The number of aliphatic carboxylic acids is 1. The molecule has 1 aliphatic heterocycles. The molecule has 18 heteroatoms. The molecule has 0 aliphatic carbocycles. The number of hydrogen-bond donors (Lipinski definition) is 9. The maximum absolute atomic E-state index is 14.2. The number of nitrogens with one attached hydrogen (secondary N) is 7. The number of hydrogen-bond acceptors (Lipinski definition) is 8. The van der Waals surface area contributed by atoms with E-state index in [1.807, 2.05) is 41.5 Å². The predicted molar refractivity (Wildman–Crippen MR) is 221 cm³/mol. The Morgan fingerprint density at radius 1 is 0.879 bits per heavy atom. The van der Waals surface area contributed by atoms with Gasteiger partial charge in [0, 0.05) is 30.9 Å². The second-order valence-electron chi connectivity index (χ2n) is 16.4. The topological polar surface area (TPSA) is 251 Å². The van der Waals surface area contributed by atoms with Gasteiger partial charge in [-0.05, 0) is 103 Å². The molecule has 1 aliphatic rings. The fourth-order valence-corrected chi connectivity index (χ4v) is 7.46. The number of phenolic OH excluding ortho intramolecular Hbond substituents is 1. The van der Waals surface area contributed by atoms with Gasteiger partial charge in [0.25, 0.3) is 0 Å². The van der Waals surface area contributed by atoms with E-state index >= 15 is 0 Å². The number of H-pyrrole nitrogens is 1. The summed E-state index contributed by atoms with van der Waals surface area (Å²) in [6.45, 7) is 12.7. The van der Waals surface area contributed by atoms with E-state index in [2.05, 4.69) is 52.8 Å². The number of carboxylic acid groups (broad SMARTS) is 1. The van der Waals surface area contributed by atoms with Crippen LogP contribution in [0.5, 0.6) is 5.75 Å². The van der Waals surface area contributed by atoms with Crippen molar-refractivity contribution in [3.8, 4) is 5.75 Å². The predicted octanol–water partition coefficient (Wildman–Crippen LogP) is 3.04. The molecule has 2 heterocycles. The van der Waals surface area contributed by atoms with Gasteiger partial charge in [0.15, 0.2) is 0 Å². The minimum Gasteiger partial charge on any atom is -0.508 e. The van der Waals surface area contributed by atoms with Crippen molar-refractivity contribution < 1.29 is 43.8 Å². The minimum atomic E-state index is -1.23. The van der Waals surface area contributed by atoms with Crippen LogP contribution in [0.1, 0.15) is 92.6 Å². The first kappa shape index (κ1) is 47.5. The second-order valence-corrected chi connectivity index (χ2v) is 17.2. The standard InChI is InChI=1S/C40H61BrN8O9/c1-20(2)15-30-38(55)49(8)32(17-22(5)6)37(54)45-29(19-26-25-18-24(50)12-13-27(25)44-33(26)41)35(52)42-14-10-9-11-28(36(53)43-23(7)34(51)46-30)47-40(58)48-31(39(56)57)16-21(3)4/h12-13,18,20-23,28-32,44,50H,9-11,14-17,19H2,1-8H3,(H,42,52)(H,43,53)(H,45,54)(H,46,51)(H,56,57)(H2,47,48,58)/t23-,28+,29?,30-,31-,32-/m0/s1. The Morgan fingerprint density at radius 3 is 2.16 bits per heavy atom. The number of phenols is 1. The number of carbonyl (C=O) groups is 7. The van der Waals surface area contributed by atoms with Crippen molar-refractivity contribution in [1.82, 2.24) is 41.8 Å². The van der Waals surface area contributed by atoms with Gasteiger partial charge in [-0.2, -0.15) is 0 Å². The molecule has 17 nitrogen and oxygen atoms in total. The fraction of sp³-hybridized carbons (Fsp3) is 0.625. The number of carbonyl (C=O) groups excluding carboxylic acids is 6. The van der Waals surface area contributed by atoms with Crippen LogP contribution in [-0.2, 0) is 35.2 Å². The normalized spacial score (nSPS) is 22.7. The van der Waals surface area contributed by atoms with Crippen LogP contribution in [0.3, 0.4) is 0 Å². The summed E-state index contributed by atoms with van der Waals surface area (Å²) in [6, 6.07) is -2.89. The lowest BCUT2D eigenvalue weighted by Crippen LogP contribution is -2.59. The summed E-state index contributed by atoms with van der Waals surface area (Å²) in [5.41, 5.74) is 1.32. The van der Waals surface area contributed by atoms with E-state index in [0.29, 0.717) is 33.9 Å². The number of amides is 7. The van der Waals surface area contributed by atoms with Gasteiger partial charge in [0.05, 0.1) is 4.60 Å². The van der Waals surface area contributed by atoms with Gasteiger partial charge in [-0.1, -0.05) is 41.5 Å². The average molecular weight is 878 g/mol. The zero-order valence-corrected chi connectivity index (χ0v) is 36.2. The van der Waals surface area contributed by atoms with Crippen molar-refractivity contribution in [2.75, 3.05) is 13.6 Å². The van der Waals surface area contributed by atoms with E-state index < -0.39 is 77.8 Å². The number of carboxylic acids is 1. The largest absolute Gasteiger partial charge is 0.508 e. The first-order valence-electron chi connectivity index (χ1n) is 19.9. The zero-order valence-electron chi connectivity index (χ0n) is 34.7. The minimum absolute atomic E-state index is 0.00696. The van der Waals surface area contributed by atoms with Crippen molar-refractivity contribution >= 4 is 68.4 Å². The van der Waals surface area contributed by atoms with Crippen LogP contribution in [0.2, 0.25) is 0 Å². The number of urea groups is 1. The molecule has 322 valence electrons. The Bertz CT molecular complexity index is 1800. The summed E-state index contributed by atoms with van der Waals surface area (Å²) in [5.74, 6) is -4.37. The lowest BCUT2D eigenvalue weighted by atomic mass is 9.97. The molecular formula is C40H61BrN8O9. The van der Waals surface area contributed by atoms with E-state index in [4.69, 9.17) is 0 Å². The number of likely N-dealkylation sites (N-methyl/N-ethyl adjacent to an activating group) is 1. The van der Waals surface area contributed by atoms with Gasteiger partial charge >= 0.3 is 12.0 Å². The molecular weight excluding hydrogens is 816 g/mol. The Kier molecular flexibility index (Phi) is 17.8. The average Bonchev–Trinajstić information content (AvgIpc) is 3.43. The highest BCUT2D eigenvalue weighted by molar-refractivity contribution is 9.10. The number of nitrogens with zero attached hydrogens (tertiary/aromatic N) is 1. The number of rotatable bonds is 11. The van der Waals surface area contributed by atoms with E-state index in [1.165, 1.54) is 24.9 Å². The van der Waals surface area contributed by atoms with Crippen LogP contribution in [0.4, 0.5) is 4.79 Å². The summed E-state index contributed by atoms with van der Waals surface area (Å²) >= 11 is 3.53. The summed E-state index contributed by atoms with van der Waals surface area (Å²) in [7, 11) is 1.48. The summed E-state index contributed by atoms with van der Waals surface area (Å²) in [4.78, 5) is 98.9. The highest BCUT2D eigenvalue weighted by atomic mass is 79.9. The first-order valence-corrected chi connectivity index (χ1v) is 20.7. The summed E-state index contributed by atoms with van der Waals surface area (Å²) in [5, 5.41) is 36.6. The van der Waals surface area contributed by atoms with E-state index in [0.717, 1.165) is 0 Å². The molecule has 58 heavy (non-hydrogen) atoms. The van der Waals surface area contributed by atoms with Crippen LogP contribution in [0, 0.1) is 17.8 Å². The van der Waals surface area contributed by atoms with Crippen LogP contribution in [-0.4, -0.2) is 111 Å². The Labute approximate surface area is 348 Å². The maximum atomic E-state index is 14.2. The molecule has 0 saturated carbocycles. The third kappa shape index (κ3) is 13.9. The molecule has 1 unspecified atom stereocenters. The first-order chi connectivity index (χ1) is 27.2. The molecule has 3 rings (SSSR count). The van der Waals surface area contributed by atoms with Crippen LogP contribution < -0.4 is 31.9 Å². The number of benzene rings is 1. The Morgan fingerprint density at radius 2 is 1.53 bits per heavy atom. The number of aromatic hydroxyl groups is 1. The number of fused-ring (bicyclic) bond motifs is 1. The highest BCUT2D eigenvalue weighted by Gasteiger charge is 2.36. The number of aromatic nitrogens is 1. The zero-order chi connectivity index (χ0) is 43.4. The van der Waals surface area contributed by atoms with Crippen molar-refractivity contribution in [3.63, 3.8) is 0 Å². The highest BCUT2D eigenvalue weighted by Crippen LogP contribution is 2.30. The van der Waals surface area contributed by atoms with Gasteiger partial charge in [0.1, 0.15) is 42.0 Å². The molecule has 7 amide bonds. The van der Waals surface area contributed by atoms with Gasteiger partial charge in [-0.15, -0.1) is 0 Å². The fourth-order valence-electron chi connectivity index (χ4n) is 6.87. The molecule has 1 aromatic heterocycles. The van der Waals surface area contributed by atoms with Crippen molar-refractivity contribution in [2.24, 2.45) is 17.8 Å². The lowest BCUT2D eigenvalue weighted by Gasteiger charge is -2.33. The van der Waals surface area contributed by atoms with E-state index in [-0.39, 0.29) is 62.2 Å². The number of aromatic amines is 1. The molecule has 0 bridgehead atoms. The summed E-state index contributed by atoms with van der Waals surface area (Å²) < 4.78 is 0.554. The molecule has 1 saturated heterocycles. The van der Waals surface area contributed by atoms with Gasteiger partial charge in [-0.25, -0.2) is 9.59 Å². The number of halogens is 1. The molecule has 1 aromatic carbocycles. The monoisotopic (exact) mass is 876 g/mol. The lowest BCUT2D eigenvalue weighted by molar-refractivity contribution is -0.143. The third-order valence-corrected chi connectivity index (χ3v) is 10.6. The quantitative estimate of drug-likeness (QED) is 0.161. The molecule has 0 spiro atoms. The van der Waals surface area contributed by atoms with Gasteiger partial charge < -0.3 is 52.0 Å². The van der Waals surface area contributed by atoms with Gasteiger partial charge in [-0.3, -0.25) is 24.0 Å². The SMILES string of the molecule is CC(C)C[C@H](NC(=O)N[C@@H]1CCCCNC(=O)C(Cc2c(Br)[nH]c3ccc(O)cc23)NC(=O)[C@H](CC(C)C)N(C)C(=O)[C@H](CC(C)C)NC(=O)[C@H](C)NC1=O)C(=O)O.